The number of rotatable bonds is 3. The van der Waals surface area contributed by atoms with E-state index in [1.807, 2.05) is 6.07 Å². The van der Waals surface area contributed by atoms with Crippen molar-refractivity contribution in [1.82, 2.24) is 14.9 Å². The van der Waals surface area contributed by atoms with Crippen LogP contribution in [0.4, 0.5) is 0 Å². The van der Waals surface area contributed by atoms with Crippen LogP contribution in [0, 0.1) is 0 Å². The summed E-state index contributed by atoms with van der Waals surface area (Å²) in [5.41, 5.74) is 1.21. The number of halogens is 1. The number of nitrogens with zero attached hydrogens (tertiary/aromatic N) is 3. The summed E-state index contributed by atoms with van der Waals surface area (Å²) in [6.07, 6.45) is 3.68. The first kappa shape index (κ1) is 14.6. The Morgan fingerprint density at radius 1 is 1.24 bits per heavy atom. The zero-order chi connectivity index (χ0) is 14.7. The summed E-state index contributed by atoms with van der Waals surface area (Å²) in [6, 6.07) is 10.5. The van der Waals surface area contributed by atoms with E-state index >= 15 is 0 Å². The van der Waals surface area contributed by atoms with Crippen molar-refractivity contribution < 1.29 is 4.74 Å². The third kappa shape index (κ3) is 3.48. The van der Waals surface area contributed by atoms with Gasteiger partial charge in [-0.1, -0.05) is 28.1 Å². The molecule has 0 radical (unpaired) electrons. The van der Waals surface area contributed by atoms with Crippen LogP contribution in [0.15, 0.2) is 47.2 Å². The fraction of sp³-hybridized carbons (Fsp3) is 0.375. The molecule has 1 aromatic heterocycles. The van der Waals surface area contributed by atoms with Gasteiger partial charge >= 0.3 is 0 Å². The molecule has 0 bridgehead atoms. The Balaban J connectivity index is 1.74. The van der Waals surface area contributed by atoms with Crippen molar-refractivity contribution in [2.24, 2.45) is 0 Å². The van der Waals surface area contributed by atoms with E-state index in [-0.39, 0.29) is 6.10 Å². The molecule has 1 aliphatic rings. The second-order valence-corrected chi connectivity index (χ2v) is 6.13. The molecule has 4 nitrogen and oxygen atoms in total. The normalized spacial score (nSPS) is 23.1. The lowest BCUT2D eigenvalue weighted by Crippen LogP contribution is -2.45. The summed E-state index contributed by atoms with van der Waals surface area (Å²) >= 11 is 3.47. The number of hydrogen-bond donors (Lipinski definition) is 0. The maximum atomic E-state index is 5.99. The van der Waals surface area contributed by atoms with E-state index in [1.165, 1.54) is 5.56 Å². The number of benzene rings is 1. The van der Waals surface area contributed by atoms with Crippen LogP contribution in [-0.4, -0.2) is 34.1 Å². The second-order valence-electron chi connectivity index (χ2n) is 5.22. The molecule has 21 heavy (non-hydrogen) atoms. The molecule has 2 atom stereocenters. The van der Waals surface area contributed by atoms with E-state index < -0.39 is 0 Å². The van der Waals surface area contributed by atoms with E-state index in [1.54, 1.807) is 12.4 Å². The first-order chi connectivity index (χ1) is 10.2. The van der Waals surface area contributed by atoms with Crippen LogP contribution >= 0.6 is 15.9 Å². The lowest BCUT2D eigenvalue weighted by Gasteiger charge is -2.39. The number of aromatic nitrogens is 2. The monoisotopic (exact) mass is 347 g/mol. The van der Waals surface area contributed by atoms with Gasteiger partial charge in [-0.2, -0.15) is 0 Å². The van der Waals surface area contributed by atoms with Gasteiger partial charge in [-0.3, -0.25) is 4.90 Å². The van der Waals surface area contributed by atoms with E-state index in [0.717, 1.165) is 30.0 Å². The van der Waals surface area contributed by atoms with E-state index in [2.05, 4.69) is 62.0 Å². The topological polar surface area (TPSA) is 38.2 Å². The van der Waals surface area contributed by atoms with Crippen molar-refractivity contribution in [2.75, 3.05) is 13.2 Å². The van der Waals surface area contributed by atoms with Crippen LogP contribution in [-0.2, 0) is 11.3 Å². The molecule has 3 rings (SSSR count). The van der Waals surface area contributed by atoms with Gasteiger partial charge in [0.2, 0.25) is 0 Å². The maximum absolute atomic E-state index is 5.99. The molecule has 1 aromatic carbocycles. The molecule has 1 fully saturated rings. The average molecular weight is 348 g/mol. The largest absolute Gasteiger partial charge is 0.371 e. The van der Waals surface area contributed by atoms with Crippen LogP contribution in [0.1, 0.15) is 24.4 Å². The predicted molar refractivity (Wildman–Crippen MR) is 84.7 cm³/mol. The molecule has 0 aliphatic carbocycles. The zero-order valence-corrected chi connectivity index (χ0v) is 13.5. The highest BCUT2D eigenvalue weighted by Gasteiger charge is 2.30. The molecule has 1 saturated heterocycles. The summed E-state index contributed by atoms with van der Waals surface area (Å²) < 4.78 is 7.07. The second kappa shape index (κ2) is 6.64. The lowest BCUT2D eigenvalue weighted by molar-refractivity contribution is -0.0710. The van der Waals surface area contributed by atoms with Crippen molar-refractivity contribution in [2.45, 2.75) is 25.6 Å². The van der Waals surface area contributed by atoms with E-state index in [4.69, 9.17) is 4.74 Å². The number of hydrogen-bond acceptors (Lipinski definition) is 4. The van der Waals surface area contributed by atoms with Gasteiger partial charge in [0, 0.05) is 29.5 Å². The van der Waals surface area contributed by atoms with Gasteiger partial charge in [0.05, 0.1) is 19.3 Å². The first-order valence-electron chi connectivity index (χ1n) is 7.11. The third-order valence-electron chi connectivity index (χ3n) is 3.85. The molecule has 2 heterocycles. The Labute approximate surface area is 133 Å². The van der Waals surface area contributed by atoms with Crippen molar-refractivity contribution in [3.05, 3.63) is 58.6 Å². The predicted octanol–water partition coefficient (Wildman–Crippen LogP) is 3.20. The van der Waals surface area contributed by atoms with Gasteiger partial charge in [0.25, 0.3) is 0 Å². The standard InChI is InChI=1S/C16H18BrN3O/c1-12-16(13-3-5-14(17)6-4-13)21-10-9-20(12)11-15-18-7-2-8-19-15/h2-8,12,16H,9-11H2,1H3/t12-,16-/m0/s1. The van der Waals surface area contributed by atoms with Crippen molar-refractivity contribution in [1.29, 1.82) is 0 Å². The van der Waals surface area contributed by atoms with Crippen LogP contribution in [0.3, 0.4) is 0 Å². The number of ether oxygens (including phenoxy) is 1. The molecule has 5 heteroatoms. The lowest BCUT2D eigenvalue weighted by atomic mass is 10.0. The molecule has 0 N–H and O–H groups in total. The summed E-state index contributed by atoms with van der Waals surface area (Å²) in [5.74, 6) is 0.862. The van der Waals surface area contributed by atoms with Gasteiger partial charge in [-0.25, -0.2) is 9.97 Å². The van der Waals surface area contributed by atoms with Crippen molar-refractivity contribution in [3.8, 4) is 0 Å². The SMILES string of the molecule is C[C@H]1[C@@H](c2ccc(Br)cc2)OCCN1Cc1ncccn1. The molecule has 0 saturated carbocycles. The minimum Gasteiger partial charge on any atom is -0.371 e. The van der Waals surface area contributed by atoms with Gasteiger partial charge < -0.3 is 4.74 Å². The van der Waals surface area contributed by atoms with Gasteiger partial charge in [0.1, 0.15) is 5.82 Å². The summed E-state index contributed by atoms with van der Waals surface area (Å²) in [5, 5.41) is 0. The highest BCUT2D eigenvalue weighted by molar-refractivity contribution is 9.10. The molecular formula is C16H18BrN3O. The van der Waals surface area contributed by atoms with Gasteiger partial charge in [0.15, 0.2) is 0 Å². The molecular weight excluding hydrogens is 330 g/mol. The fourth-order valence-electron chi connectivity index (χ4n) is 2.67. The Kier molecular flexibility index (Phi) is 4.63. The van der Waals surface area contributed by atoms with E-state index in [9.17, 15) is 0 Å². The van der Waals surface area contributed by atoms with Crippen LogP contribution < -0.4 is 0 Å². The van der Waals surface area contributed by atoms with Crippen LogP contribution in [0.25, 0.3) is 0 Å². The average Bonchev–Trinajstić information content (AvgIpc) is 2.52. The van der Waals surface area contributed by atoms with Gasteiger partial charge in [-0.15, -0.1) is 0 Å². The molecule has 2 aromatic rings. The summed E-state index contributed by atoms with van der Waals surface area (Å²) in [4.78, 5) is 11.0. The van der Waals surface area contributed by atoms with Crippen molar-refractivity contribution >= 4 is 15.9 Å². The quantitative estimate of drug-likeness (QED) is 0.854. The Morgan fingerprint density at radius 2 is 1.95 bits per heavy atom. The Bertz CT molecular complexity index is 576. The molecule has 0 spiro atoms. The first-order valence-corrected chi connectivity index (χ1v) is 7.90. The minimum atomic E-state index is 0.0931. The zero-order valence-electron chi connectivity index (χ0n) is 11.9. The molecule has 110 valence electrons. The highest BCUT2D eigenvalue weighted by atomic mass is 79.9. The van der Waals surface area contributed by atoms with Crippen molar-refractivity contribution in [3.63, 3.8) is 0 Å². The van der Waals surface area contributed by atoms with E-state index in [0.29, 0.717) is 6.04 Å². The molecule has 0 unspecified atom stereocenters. The molecule has 0 amide bonds. The number of morpholine rings is 1. The molecule has 1 aliphatic heterocycles. The Hall–Kier alpha value is -1.30. The van der Waals surface area contributed by atoms with Crippen LogP contribution in [0.2, 0.25) is 0 Å². The minimum absolute atomic E-state index is 0.0931. The Morgan fingerprint density at radius 3 is 2.67 bits per heavy atom. The smallest absolute Gasteiger partial charge is 0.142 e. The fourth-order valence-corrected chi connectivity index (χ4v) is 2.94. The third-order valence-corrected chi connectivity index (χ3v) is 4.38. The van der Waals surface area contributed by atoms with Gasteiger partial charge in [-0.05, 0) is 30.7 Å². The highest BCUT2D eigenvalue weighted by Crippen LogP contribution is 2.29. The van der Waals surface area contributed by atoms with Crippen LogP contribution in [0.5, 0.6) is 0 Å². The maximum Gasteiger partial charge on any atom is 0.142 e. The summed E-state index contributed by atoms with van der Waals surface area (Å²) in [6.45, 7) is 4.61. The summed E-state index contributed by atoms with van der Waals surface area (Å²) in [7, 11) is 0.